The monoisotopic (exact) mass is 300 g/mol. The maximum absolute atomic E-state index is 10.8. The van der Waals surface area contributed by atoms with Crippen LogP contribution in [-0.2, 0) is 9.59 Å². The largest absolute Gasteiger partial charge is 0.481 e. The van der Waals surface area contributed by atoms with Crippen molar-refractivity contribution in [3.05, 3.63) is 12.2 Å². The van der Waals surface area contributed by atoms with Crippen LogP contribution in [0.5, 0.6) is 0 Å². The van der Waals surface area contributed by atoms with E-state index in [0.29, 0.717) is 29.2 Å². The highest BCUT2D eigenvalue weighted by Gasteiger charge is 2.33. The Kier molecular flexibility index (Phi) is 6.23. The second-order valence-electron chi connectivity index (χ2n) is 5.71. The smallest absolute Gasteiger partial charge is 0.305 e. The zero-order chi connectivity index (χ0) is 15.3. The first kappa shape index (κ1) is 17.2. The lowest BCUT2D eigenvalue weighted by molar-refractivity contribution is -0.138. The van der Waals surface area contributed by atoms with Crippen molar-refractivity contribution < 1.29 is 14.7 Å². The number of carboxylic acids is 1. The van der Waals surface area contributed by atoms with Gasteiger partial charge in [0.25, 0.3) is 0 Å². The van der Waals surface area contributed by atoms with E-state index in [1.807, 2.05) is 24.8 Å². The number of carbonyl (C=O) groups is 2. The highest BCUT2D eigenvalue weighted by molar-refractivity contribution is 8.01. The van der Waals surface area contributed by atoms with Crippen molar-refractivity contribution in [3.8, 4) is 0 Å². The van der Waals surface area contributed by atoms with E-state index in [4.69, 9.17) is 10.8 Å². The summed E-state index contributed by atoms with van der Waals surface area (Å²) in [6.45, 7) is 6.62. The van der Waals surface area contributed by atoms with Gasteiger partial charge in [-0.2, -0.15) is 11.8 Å². The molecule has 20 heavy (non-hydrogen) atoms. The molecule has 1 rings (SSSR count). The number of aldehydes is 1. The van der Waals surface area contributed by atoms with Crippen LogP contribution >= 0.6 is 11.8 Å². The van der Waals surface area contributed by atoms with Crippen LogP contribution in [0.4, 0.5) is 0 Å². The molecule has 1 aliphatic rings. The van der Waals surface area contributed by atoms with Crippen LogP contribution in [0.15, 0.2) is 12.2 Å². The fraction of sp³-hybridized carbons (Fsp3) is 0.714. The summed E-state index contributed by atoms with van der Waals surface area (Å²) in [6, 6.07) is -0.694. The average Bonchev–Trinajstić information content (AvgIpc) is 2.33. The summed E-state index contributed by atoms with van der Waals surface area (Å²) >= 11 is 1.95. The maximum atomic E-state index is 10.8. The molecule has 1 fully saturated rings. The summed E-state index contributed by atoms with van der Waals surface area (Å²) in [7, 11) is 0. The van der Waals surface area contributed by atoms with E-state index in [-0.39, 0.29) is 6.42 Å². The molecule has 6 heteroatoms. The molecule has 0 amide bonds. The predicted molar refractivity (Wildman–Crippen MR) is 81.8 cm³/mol. The molecule has 0 spiro atoms. The number of carbonyl (C=O) groups excluding carboxylic acids is 1. The number of nitrogens with two attached hydrogens (primary N) is 1. The molecule has 1 heterocycles. The predicted octanol–water partition coefficient (Wildman–Crippen LogP) is 1.03. The van der Waals surface area contributed by atoms with E-state index in [9.17, 15) is 9.59 Å². The van der Waals surface area contributed by atoms with Crippen molar-refractivity contribution in [3.63, 3.8) is 0 Å². The lowest BCUT2D eigenvalue weighted by Gasteiger charge is -2.39. The average molecular weight is 300 g/mol. The van der Waals surface area contributed by atoms with Crippen LogP contribution in [-0.4, -0.2) is 46.0 Å². The fourth-order valence-electron chi connectivity index (χ4n) is 2.22. The number of nitrogens with one attached hydrogen (secondary N) is 1. The number of hydrogen-bond acceptors (Lipinski definition) is 5. The zero-order valence-electron chi connectivity index (χ0n) is 12.2. The third-order valence-corrected chi connectivity index (χ3v) is 5.00. The molecular weight excluding hydrogens is 276 g/mol. The van der Waals surface area contributed by atoms with Gasteiger partial charge >= 0.3 is 5.97 Å². The van der Waals surface area contributed by atoms with Crippen molar-refractivity contribution in [1.82, 2.24) is 5.32 Å². The molecule has 4 N–H and O–H groups in total. The van der Waals surface area contributed by atoms with Crippen LogP contribution in [0.1, 0.15) is 27.2 Å². The summed E-state index contributed by atoms with van der Waals surface area (Å²) in [6.07, 6.45) is 4.48. The van der Waals surface area contributed by atoms with Gasteiger partial charge in [-0.1, -0.05) is 26.0 Å². The Morgan fingerprint density at radius 3 is 2.55 bits per heavy atom. The summed E-state index contributed by atoms with van der Waals surface area (Å²) < 4.78 is 0. The summed E-state index contributed by atoms with van der Waals surface area (Å²) in [5.74, 6) is -0.471. The normalized spacial score (nSPS) is 30.5. The third-order valence-electron chi connectivity index (χ3n) is 3.52. The molecule has 0 aliphatic carbocycles. The number of thioether (sulfide) groups is 1. The summed E-state index contributed by atoms with van der Waals surface area (Å²) in [4.78, 5) is 21.4. The van der Waals surface area contributed by atoms with Crippen molar-refractivity contribution in [2.75, 3.05) is 6.54 Å². The second kappa shape index (κ2) is 7.24. The Hall–Kier alpha value is -0.850. The topological polar surface area (TPSA) is 92.4 Å². The van der Waals surface area contributed by atoms with Gasteiger partial charge in [-0.05, 0) is 6.92 Å². The molecule has 5 nitrogen and oxygen atoms in total. The quantitative estimate of drug-likeness (QED) is 0.458. The maximum Gasteiger partial charge on any atom is 0.305 e. The van der Waals surface area contributed by atoms with Crippen LogP contribution in [0.3, 0.4) is 0 Å². The van der Waals surface area contributed by atoms with Gasteiger partial charge in [-0.15, -0.1) is 0 Å². The lowest BCUT2D eigenvalue weighted by Crippen LogP contribution is -2.48. The van der Waals surface area contributed by atoms with Gasteiger partial charge in [-0.3, -0.25) is 4.79 Å². The molecule has 0 saturated carbocycles. The second-order valence-corrected chi connectivity index (χ2v) is 7.47. The molecule has 0 aromatic carbocycles. The Morgan fingerprint density at radius 2 is 2.10 bits per heavy atom. The SMILES string of the molecule is CC1SC(C)C1C=CC(C)(N)CN[C@H](C=O)CC(=O)O. The van der Waals surface area contributed by atoms with Gasteiger partial charge in [0.2, 0.25) is 0 Å². The van der Waals surface area contributed by atoms with Crippen LogP contribution in [0.25, 0.3) is 0 Å². The molecule has 114 valence electrons. The summed E-state index contributed by atoms with van der Waals surface area (Å²) in [5, 5.41) is 12.8. The van der Waals surface area contributed by atoms with Gasteiger partial charge in [0.05, 0.1) is 12.5 Å². The van der Waals surface area contributed by atoms with E-state index in [0.717, 1.165) is 0 Å². The first-order valence-corrected chi connectivity index (χ1v) is 7.73. The molecule has 0 bridgehead atoms. The first-order chi connectivity index (χ1) is 9.25. The molecule has 3 unspecified atom stereocenters. The fourth-order valence-corrected chi connectivity index (χ4v) is 3.64. The molecule has 0 radical (unpaired) electrons. The van der Waals surface area contributed by atoms with Crippen molar-refractivity contribution in [2.45, 2.75) is 49.3 Å². The van der Waals surface area contributed by atoms with E-state index in [2.05, 4.69) is 25.2 Å². The Morgan fingerprint density at radius 1 is 1.50 bits per heavy atom. The standard InChI is InChI=1S/C14H24N2O3S/c1-9-12(10(2)20-9)4-5-14(3,15)8-16-11(7-17)6-13(18)19/h4-5,7,9-12,16H,6,8,15H2,1-3H3,(H,18,19)/t9?,10?,11-,12?,14?/m0/s1. The van der Waals surface area contributed by atoms with Crippen LogP contribution in [0.2, 0.25) is 0 Å². The van der Waals surface area contributed by atoms with Gasteiger partial charge in [0.1, 0.15) is 6.29 Å². The van der Waals surface area contributed by atoms with E-state index < -0.39 is 17.6 Å². The minimum atomic E-state index is -1.00. The van der Waals surface area contributed by atoms with Gasteiger partial charge < -0.3 is 21.0 Å². The molecule has 0 aromatic rings. The molecule has 0 aromatic heterocycles. The van der Waals surface area contributed by atoms with Crippen molar-refractivity contribution in [1.29, 1.82) is 0 Å². The Balaban J connectivity index is 2.46. The number of hydrogen-bond donors (Lipinski definition) is 3. The number of rotatable bonds is 8. The highest BCUT2D eigenvalue weighted by atomic mass is 32.2. The van der Waals surface area contributed by atoms with E-state index in [1.54, 1.807) is 0 Å². The molecule has 4 atom stereocenters. The number of allylic oxidation sites excluding steroid dienone is 1. The minimum absolute atomic E-state index is 0.226. The highest BCUT2D eigenvalue weighted by Crippen LogP contribution is 2.42. The van der Waals surface area contributed by atoms with E-state index >= 15 is 0 Å². The van der Waals surface area contributed by atoms with Gasteiger partial charge in [-0.25, -0.2) is 0 Å². The van der Waals surface area contributed by atoms with Crippen molar-refractivity contribution >= 4 is 24.0 Å². The first-order valence-electron chi connectivity index (χ1n) is 6.79. The lowest BCUT2D eigenvalue weighted by atomic mass is 9.95. The Bertz CT molecular complexity index is 377. The van der Waals surface area contributed by atoms with Crippen molar-refractivity contribution in [2.24, 2.45) is 11.7 Å². The van der Waals surface area contributed by atoms with Crippen LogP contribution in [0, 0.1) is 5.92 Å². The molecule has 1 aliphatic heterocycles. The zero-order valence-corrected chi connectivity index (χ0v) is 13.0. The molecule has 1 saturated heterocycles. The number of aliphatic carboxylic acids is 1. The van der Waals surface area contributed by atoms with Crippen LogP contribution < -0.4 is 11.1 Å². The summed E-state index contributed by atoms with van der Waals surface area (Å²) in [5.41, 5.74) is 5.55. The third kappa shape index (κ3) is 5.26. The van der Waals surface area contributed by atoms with E-state index in [1.165, 1.54) is 0 Å². The number of carboxylic acid groups (broad SMARTS) is 1. The van der Waals surface area contributed by atoms with Gasteiger partial charge in [0, 0.05) is 28.5 Å². The molecular formula is C14H24N2O3S. The van der Waals surface area contributed by atoms with Gasteiger partial charge in [0.15, 0.2) is 0 Å². The minimum Gasteiger partial charge on any atom is -0.481 e. The Labute approximate surface area is 124 Å².